The summed E-state index contributed by atoms with van der Waals surface area (Å²) in [4.78, 5) is 36.2. The van der Waals surface area contributed by atoms with Gasteiger partial charge in [0.25, 0.3) is 0 Å². The molecule has 136 valence electrons. The number of carbonyl (C=O) groups is 3. The van der Waals surface area contributed by atoms with Crippen molar-refractivity contribution in [3.63, 3.8) is 0 Å². The predicted octanol–water partition coefficient (Wildman–Crippen LogP) is 3.47. The van der Waals surface area contributed by atoms with E-state index >= 15 is 0 Å². The third-order valence-corrected chi connectivity index (χ3v) is 4.56. The smallest absolute Gasteiger partial charge is 0.340 e. The van der Waals surface area contributed by atoms with Crippen molar-refractivity contribution in [2.24, 2.45) is 11.8 Å². The average molecular weight is 347 g/mol. The second-order valence-corrected chi connectivity index (χ2v) is 6.36. The molecule has 25 heavy (non-hydrogen) atoms. The van der Waals surface area contributed by atoms with Crippen molar-refractivity contribution in [2.75, 3.05) is 11.9 Å². The van der Waals surface area contributed by atoms with E-state index in [1.54, 1.807) is 24.3 Å². The molecule has 1 amide bonds. The normalized spacial score (nSPS) is 19.9. The first kappa shape index (κ1) is 19.0. The fourth-order valence-corrected chi connectivity index (χ4v) is 3.12. The molecule has 0 bridgehead atoms. The monoisotopic (exact) mass is 347 g/mol. The SMILES string of the molecule is CCCCOC(=O)c1ccccc1NC(=O)C1CCCCC1C(=O)O. The Kier molecular flexibility index (Phi) is 6.98. The summed E-state index contributed by atoms with van der Waals surface area (Å²) in [6.45, 7) is 2.34. The van der Waals surface area contributed by atoms with Crippen LogP contribution in [0.5, 0.6) is 0 Å². The van der Waals surface area contributed by atoms with Gasteiger partial charge < -0.3 is 15.2 Å². The molecule has 1 aromatic carbocycles. The first-order valence-electron chi connectivity index (χ1n) is 8.84. The van der Waals surface area contributed by atoms with E-state index in [0.29, 0.717) is 25.1 Å². The summed E-state index contributed by atoms with van der Waals surface area (Å²) in [5.74, 6) is -3.01. The number of esters is 1. The molecular formula is C19H25NO5. The topological polar surface area (TPSA) is 92.7 Å². The summed E-state index contributed by atoms with van der Waals surface area (Å²) >= 11 is 0. The van der Waals surface area contributed by atoms with Gasteiger partial charge in [0, 0.05) is 0 Å². The van der Waals surface area contributed by atoms with Gasteiger partial charge in [-0.2, -0.15) is 0 Å². The molecule has 1 aliphatic carbocycles. The van der Waals surface area contributed by atoms with Gasteiger partial charge in [0.2, 0.25) is 5.91 Å². The van der Waals surface area contributed by atoms with Crippen LogP contribution in [0.4, 0.5) is 5.69 Å². The number of carboxylic acids is 1. The van der Waals surface area contributed by atoms with Gasteiger partial charge in [-0.1, -0.05) is 38.3 Å². The molecule has 2 N–H and O–H groups in total. The van der Waals surface area contributed by atoms with Gasteiger partial charge >= 0.3 is 11.9 Å². The van der Waals surface area contributed by atoms with Gasteiger partial charge in [0.05, 0.1) is 29.7 Å². The van der Waals surface area contributed by atoms with Gasteiger partial charge in [-0.05, 0) is 31.4 Å². The number of hydrogen-bond acceptors (Lipinski definition) is 4. The zero-order chi connectivity index (χ0) is 18.2. The number of nitrogens with one attached hydrogen (secondary N) is 1. The number of hydrogen-bond donors (Lipinski definition) is 2. The van der Waals surface area contributed by atoms with Crippen LogP contribution in [0, 0.1) is 11.8 Å². The molecule has 1 aromatic rings. The van der Waals surface area contributed by atoms with Crippen LogP contribution in [0.15, 0.2) is 24.3 Å². The van der Waals surface area contributed by atoms with Gasteiger partial charge in [-0.25, -0.2) is 4.79 Å². The maximum atomic E-state index is 12.6. The Hall–Kier alpha value is -2.37. The lowest BCUT2D eigenvalue weighted by molar-refractivity contribution is -0.147. The molecule has 6 nitrogen and oxygen atoms in total. The highest BCUT2D eigenvalue weighted by Crippen LogP contribution is 2.31. The van der Waals surface area contributed by atoms with Gasteiger partial charge in [0.15, 0.2) is 0 Å². The van der Waals surface area contributed by atoms with Crippen LogP contribution in [0.1, 0.15) is 55.8 Å². The highest BCUT2D eigenvalue weighted by Gasteiger charge is 2.36. The third-order valence-electron chi connectivity index (χ3n) is 4.56. The highest BCUT2D eigenvalue weighted by molar-refractivity contribution is 6.02. The number of unbranched alkanes of at least 4 members (excludes halogenated alkanes) is 1. The first-order valence-corrected chi connectivity index (χ1v) is 8.84. The lowest BCUT2D eigenvalue weighted by Gasteiger charge is -2.27. The minimum atomic E-state index is -0.938. The van der Waals surface area contributed by atoms with Crippen molar-refractivity contribution in [1.29, 1.82) is 0 Å². The van der Waals surface area contributed by atoms with E-state index in [9.17, 15) is 19.5 Å². The molecule has 1 saturated carbocycles. The van der Waals surface area contributed by atoms with E-state index in [1.165, 1.54) is 0 Å². The summed E-state index contributed by atoms with van der Waals surface area (Å²) in [7, 11) is 0. The van der Waals surface area contributed by atoms with Crippen molar-refractivity contribution in [3.8, 4) is 0 Å². The predicted molar refractivity (Wildman–Crippen MR) is 93.3 cm³/mol. The number of rotatable bonds is 7. The summed E-state index contributed by atoms with van der Waals surface area (Å²) in [6.07, 6.45) is 4.41. The number of carbonyl (C=O) groups excluding carboxylic acids is 2. The maximum absolute atomic E-state index is 12.6. The number of aliphatic carboxylic acids is 1. The van der Waals surface area contributed by atoms with Crippen LogP contribution in [-0.4, -0.2) is 29.6 Å². The molecule has 2 rings (SSSR count). The zero-order valence-corrected chi connectivity index (χ0v) is 14.5. The highest BCUT2D eigenvalue weighted by atomic mass is 16.5. The molecule has 0 aromatic heterocycles. The van der Waals surface area contributed by atoms with Crippen LogP contribution < -0.4 is 5.32 Å². The molecule has 1 fully saturated rings. The van der Waals surface area contributed by atoms with Crippen molar-refractivity contribution in [3.05, 3.63) is 29.8 Å². The molecule has 2 atom stereocenters. The largest absolute Gasteiger partial charge is 0.481 e. The lowest BCUT2D eigenvalue weighted by Crippen LogP contribution is -2.36. The number of amides is 1. The Morgan fingerprint density at radius 2 is 1.84 bits per heavy atom. The van der Waals surface area contributed by atoms with E-state index in [-0.39, 0.29) is 11.5 Å². The van der Waals surface area contributed by atoms with Crippen molar-refractivity contribution < 1.29 is 24.2 Å². The minimum absolute atomic E-state index is 0.287. The summed E-state index contributed by atoms with van der Waals surface area (Å²) in [5.41, 5.74) is 0.651. The lowest BCUT2D eigenvalue weighted by atomic mass is 9.78. The average Bonchev–Trinajstić information content (AvgIpc) is 2.62. The van der Waals surface area contributed by atoms with Crippen molar-refractivity contribution in [1.82, 2.24) is 0 Å². The third kappa shape index (κ3) is 5.05. The molecule has 2 unspecified atom stereocenters. The molecule has 0 radical (unpaired) electrons. The molecular weight excluding hydrogens is 322 g/mol. The van der Waals surface area contributed by atoms with Crippen LogP contribution in [0.2, 0.25) is 0 Å². The standard InChI is InChI=1S/C19H25NO5/c1-2-3-12-25-19(24)15-10-6-7-11-16(15)20-17(21)13-8-4-5-9-14(13)18(22)23/h6-7,10-11,13-14H,2-5,8-9,12H2,1H3,(H,20,21)(H,22,23). The van der Waals surface area contributed by atoms with Gasteiger partial charge in [-0.3, -0.25) is 9.59 Å². The molecule has 0 saturated heterocycles. The van der Waals surface area contributed by atoms with Crippen molar-refractivity contribution in [2.45, 2.75) is 45.4 Å². The van der Waals surface area contributed by atoms with Gasteiger partial charge in [-0.15, -0.1) is 0 Å². The molecule has 0 heterocycles. The molecule has 0 spiro atoms. The number of para-hydroxylation sites is 1. The summed E-state index contributed by atoms with van der Waals surface area (Å²) < 4.78 is 5.21. The number of carboxylic acid groups (broad SMARTS) is 1. The Morgan fingerprint density at radius 3 is 2.52 bits per heavy atom. The first-order chi connectivity index (χ1) is 12.0. The summed E-state index contributed by atoms with van der Waals surface area (Å²) in [5, 5.41) is 12.1. The van der Waals surface area contributed by atoms with E-state index in [1.807, 2.05) is 6.92 Å². The maximum Gasteiger partial charge on any atom is 0.340 e. The Balaban J connectivity index is 2.10. The van der Waals surface area contributed by atoms with Crippen LogP contribution in [0.3, 0.4) is 0 Å². The fraction of sp³-hybridized carbons (Fsp3) is 0.526. The second-order valence-electron chi connectivity index (χ2n) is 6.36. The van der Waals surface area contributed by atoms with E-state index in [2.05, 4.69) is 5.32 Å². The number of ether oxygens (including phenoxy) is 1. The second kappa shape index (κ2) is 9.20. The van der Waals surface area contributed by atoms with Gasteiger partial charge in [0.1, 0.15) is 0 Å². The Bertz CT molecular complexity index is 628. The minimum Gasteiger partial charge on any atom is -0.481 e. The Labute approximate surface area is 147 Å². The molecule has 1 aliphatic rings. The van der Waals surface area contributed by atoms with Crippen molar-refractivity contribution >= 4 is 23.5 Å². The van der Waals surface area contributed by atoms with E-state index in [0.717, 1.165) is 25.7 Å². The fourth-order valence-electron chi connectivity index (χ4n) is 3.12. The van der Waals surface area contributed by atoms with E-state index in [4.69, 9.17) is 4.74 Å². The van der Waals surface area contributed by atoms with Crippen LogP contribution in [0.25, 0.3) is 0 Å². The molecule has 0 aliphatic heterocycles. The van der Waals surface area contributed by atoms with Crippen LogP contribution in [-0.2, 0) is 14.3 Å². The van der Waals surface area contributed by atoms with Crippen LogP contribution >= 0.6 is 0 Å². The quantitative estimate of drug-likeness (QED) is 0.582. The van der Waals surface area contributed by atoms with E-state index < -0.39 is 23.8 Å². The molecule has 6 heteroatoms. The Morgan fingerprint density at radius 1 is 1.16 bits per heavy atom. The number of benzene rings is 1. The number of anilines is 1. The zero-order valence-electron chi connectivity index (χ0n) is 14.5. The summed E-state index contributed by atoms with van der Waals surface area (Å²) in [6, 6.07) is 6.65.